The monoisotopic (exact) mass is 380 g/mol. The highest BCUT2D eigenvalue weighted by Gasteiger charge is 2.46. The zero-order valence-electron chi connectivity index (χ0n) is 16.2. The van der Waals surface area contributed by atoms with Gasteiger partial charge in [-0.3, -0.25) is 9.59 Å². The number of amides is 2. The predicted octanol–water partition coefficient (Wildman–Crippen LogP) is 1.59. The smallest absolute Gasteiger partial charge is 0.241 e. The molecule has 1 saturated heterocycles. The van der Waals surface area contributed by atoms with Gasteiger partial charge in [-0.15, -0.1) is 0 Å². The van der Waals surface area contributed by atoms with Gasteiger partial charge in [0.05, 0.1) is 30.9 Å². The molecule has 2 aliphatic heterocycles. The summed E-state index contributed by atoms with van der Waals surface area (Å²) in [5.41, 5.74) is 3.61. The summed E-state index contributed by atoms with van der Waals surface area (Å²) in [5.74, 6) is 0.430. The molecule has 2 amide bonds. The van der Waals surface area contributed by atoms with Crippen LogP contribution < -0.4 is 5.32 Å². The lowest BCUT2D eigenvalue weighted by atomic mass is 9.80. The fourth-order valence-corrected chi connectivity index (χ4v) is 4.05. The quantitative estimate of drug-likeness (QED) is 0.874. The number of carbonyl (C=O) groups excluding carboxylic acids is 2. The molecule has 0 radical (unpaired) electrons. The normalized spacial score (nSPS) is 20.9. The molecule has 7 nitrogen and oxygen atoms in total. The van der Waals surface area contributed by atoms with Gasteiger partial charge in [0.1, 0.15) is 0 Å². The average Bonchev–Trinajstić information content (AvgIpc) is 3.12. The maximum Gasteiger partial charge on any atom is 0.241 e. The highest BCUT2D eigenvalue weighted by atomic mass is 16.5. The third kappa shape index (κ3) is 3.38. The molecule has 1 unspecified atom stereocenters. The Morgan fingerprint density at radius 2 is 2.04 bits per heavy atom. The topological polar surface area (TPSA) is 84.4 Å². The summed E-state index contributed by atoms with van der Waals surface area (Å²) in [7, 11) is 0. The number of aromatic nitrogens is 2. The minimum Gasteiger partial charge on any atom is -0.376 e. The number of likely N-dealkylation sites (tertiary alicyclic amines) is 1. The second-order valence-electron chi connectivity index (χ2n) is 7.57. The summed E-state index contributed by atoms with van der Waals surface area (Å²) in [6, 6.07) is 9.93. The van der Waals surface area contributed by atoms with E-state index in [4.69, 9.17) is 14.7 Å². The van der Waals surface area contributed by atoms with E-state index in [0.717, 1.165) is 28.9 Å². The third-order valence-corrected chi connectivity index (χ3v) is 5.57. The molecule has 0 aliphatic carbocycles. The van der Waals surface area contributed by atoms with Gasteiger partial charge in [0.25, 0.3) is 0 Å². The van der Waals surface area contributed by atoms with E-state index in [9.17, 15) is 9.59 Å². The molecule has 1 fully saturated rings. The van der Waals surface area contributed by atoms with Crippen molar-refractivity contribution in [3.8, 4) is 11.4 Å². The summed E-state index contributed by atoms with van der Waals surface area (Å²) >= 11 is 0. The molecule has 3 heterocycles. The van der Waals surface area contributed by atoms with E-state index >= 15 is 0 Å². The zero-order valence-corrected chi connectivity index (χ0v) is 16.2. The van der Waals surface area contributed by atoms with Crippen molar-refractivity contribution in [2.45, 2.75) is 32.3 Å². The van der Waals surface area contributed by atoms with Crippen molar-refractivity contribution >= 4 is 11.8 Å². The van der Waals surface area contributed by atoms with Crippen LogP contribution in [0.4, 0.5) is 0 Å². The van der Waals surface area contributed by atoms with Gasteiger partial charge < -0.3 is 15.0 Å². The molecule has 1 atom stereocenters. The van der Waals surface area contributed by atoms with E-state index in [-0.39, 0.29) is 23.8 Å². The van der Waals surface area contributed by atoms with E-state index < -0.39 is 0 Å². The molecule has 1 aromatic carbocycles. The van der Waals surface area contributed by atoms with Crippen LogP contribution in [0.15, 0.2) is 30.3 Å². The van der Waals surface area contributed by atoms with Crippen LogP contribution in [0.5, 0.6) is 0 Å². The highest BCUT2D eigenvalue weighted by molar-refractivity contribution is 5.84. The maximum atomic E-state index is 12.5. The van der Waals surface area contributed by atoms with Gasteiger partial charge in [-0.1, -0.05) is 30.3 Å². The Bertz CT molecular complexity index is 915. The van der Waals surface area contributed by atoms with Gasteiger partial charge in [0.2, 0.25) is 11.8 Å². The molecule has 2 aliphatic rings. The van der Waals surface area contributed by atoms with E-state index in [1.54, 1.807) is 4.90 Å². The van der Waals surface area contributed by atoms with Crippen molar-refractivity contribution in [2.75, 3.05) is 26.2 Å². The Morgan fingerprint density at radius 1 is 1.25 bits per heavy atom. The van der Waals surface area contributed by atoms with E-state index in [1.807, 2.05) is 37.3 Å². The lowest BCUT2D eigenvalue weighted by Gasteiger charge is -2.35. The van der Waals surface area contributed by atoms with Crippen LogP contribution in [0.1, 0.15) is 30.3 Å². The molecule has 28 heavy (non-hydrogen) atoms. The van der Waals surface area contributed by atoms with Gasteiger partial charge >= 0.3 is 0 Å². The molecular weight excluding hydrogens is 356 g/mol. The molecule has 1 aromatic heterocycles. The molecule has 146 valence electrons. The SMILES string of the molecule is CC(=O)NCC(=O)N1CCC2(COCc3c(C)nc(-c4ccccc4)nc32)C1. The Labute approximate surface area is 164 Å². The van der Waals surface area contributed by atoms with Gasteiger partial charge in [-0.05, 0) is 13.3 Å². The largest absolute Gasteiger partial charge is 0.376 e. The number of nitrogens with one attached hydrogen (secondary N) is 1. The van der Waals surface area contributed by atoms with Crippen LogP contribution in [0.2, 0.25) is 0 Å². The lowest BCUT2D eigenvalue weighted by Crippen LogP contribution is -2.44. The van der Waals surface area contributed by atoms with E-state index in [1.165, 1.54) is 6.92 Å². The van der Waals surface area contributed by atoms with E-state index in [2.05, 4.69) is 5.32 Å². The number of ether oxygens (including phenoxy) is 1. The lowest BCUT2D eigenvalue weighted by molar-refractivity contribution is -0.131. The summed E-state index contributed by atoms with van der Waals surface area (Å²) in [4.78, 5) is 35.0. The minimum absolute atomic E-state index is 0.0250. The Hall–Kier alpha value is -2.80. The standard InChI is InChI=1S/C21H24N4O3/c1-14-17-11-28-13-21(8-9-25(12-21)18(27)10-22-15(2)26)19(17)24-20(23-14)16-6-4-3-5-7-16/h3-7H,8-13H2,1-2H3,(H,22,26). The van der Waals surface area contributed by atoms with Crippen LogP contribution in [-0.2, 0) is 26.3 Å². The number of aryl methyl sites for hydroxylation is 1. The fourth-order valence-electron chi connectivity index (χ4n) is 4.05. The van der Waals surface area contributed by atoms with E-state index in [0.29, 0.717) is 32.1 Å². The number of hydrogen-bond acceptors (Lipinski definition) is 5. The van der Waals surface area contributed by atoms with Crippen LogP contribution >= 0.6 is 0 Å². The number of benzene rings is 1. The van der Waals surface area contributed by atoms with Crippen molar-refractivity contribution in [2.24, 2.45) is 0 Å². The molecule has 0 saturated carbocycles. The molecule has 7 heteroatoms. The van der Waals surface area contributed by atoms with Crippen molar-refractivity contribution in [3.63, 3.8) is 0 Å². The van der Waals surface area contributed by atoms with Gasteiger partial charge in [0.15, 0.2) is 5.82 Å². The zero-order chi connectivity index (χ0) is 19.7. The summed E-state index contributed by atoms with van der Waals surface area (Å²) < 4.78 is 5.90. The highest BCUT2D eigenvalue weighted by Crippen LogP contribution is 2.40. The average molecular weight is 380 g/mol. The summed E-state index contributed by atoms with van der Waals surface area (Å²) in [5, 5.41) is 2.59. The predicted molar refractivity (Wildman–Crippen MR) is 103 cm³/mol. The second kappa shape index (κ2) is 7.31. The second-order valence-corrected chi connectivity index (χ2v) is 7.57. The Morgan fingerprint density at radius 3 is 2.79 bits per heavy atom. The van der Waals surface area contributed by atoms with Crippen LogP contribution in [0.25, 0.3) is 11.4 Å². The molecule has 4 rings (SSSR count). The third-order valence-electron chi connectivity index (χ3n) is 5.57. The van der Waals surface area contributed by atoms with Crippen molar-refractivity contribution in [1.82, 2.24) is 20.2 Å². The number of rotatable bonds is 3. The number of nitrogens with zero attached hydrogens (tertiary/aromatic N) is 3. The van der Waals surface area contributed by atoms with Crippen LogP contribution in [0.3, 0.4) is 0 Å². The number of hydrogen-bond donors (Lipinski definition) is 1. The van der Waals surface area contributed by atoms with Gasteiger partial charge in [-0.25, -0.2) is 9.97 Å². The number of fused-ring (bicyclic) bond motifs is 2. The van der Waals surface area contributed by atoms with Crippen molar-refractivity contribution in [3.05, 3.63) is 47.3 Å². The van der Waals surface area contributed by atoms with Gasteiger partial charge in [0, 0.05) is 36.8 Å². The minimum atomic E-state index is -0.323. The Kier molecular flexibility index (Phi) is 4.85. The van der Waals surface area contributed by atoms with Crippen molar-refractivity contribution < 1.29 is 14.3 Å². The number of carbonyl (C=O) groups is 2. The van der Waals surface area contributed by atoms with Crippen molar-refractivity contribution in [1.29, 1.82) is 0 Å². The van der Waals surface area contributed by atoms with Crippen LogP contribution in [0, 0.1) is 6.92 Å². The molecular formula is C21H24N4O3. The first-order valence-corrected chi connectivity index (χ1v) is 9.52. The Balaban J connectivity index is 1.66. The first-order valence-electron chi connectivity index (χ1n) is 9.52. The molecule has 1 N–H and O–H groups in total. The summed E-state index contributed by atoms with van der Waals surface area (Å²) in [6.45, 7) is 5.64. The summed E-state index contributed by atoms with van der Waals surface area (Å²) in [6.07, 6.45) is 0.788. The first kappa shape index (κ1) is 18.6. The molecule has 0 bridgehead atoms. The maximum absolute atomic E-state index is 12.5. The first-order chi connectivity index (χ1) is 13.5. The van der Waals surface area contributed by atoms with Gasteiger partial charge in [-0.2, -0.15) is 0 Å². The fraction of sp³-hybridized carbons (Fsp3) is 0.429. The molecule has 1 spiro atoms. The molecule has 2 aromatic rings. The van der Waals surface area contributed by atoms with Crippen LogP contribution in [-0.4, -0.2) is 52.9 Å².